The highest BCUT2D eigenvalue weighted by atomic mass is 127. The first-order valence-corrected chi connectivity index (χ1v) is 10.6. The molecule has 3 heterocycles. The first kappa shape index (κ1) is 19.9. The second-order valence-corrected chi connectivity index (χ2v) is 9.30. The van der Waals surface area contributed by atoms with E-state index < -0.39 is 5.60 Å². The van der Waals surface area contributed by atoms with E-state index in [4.69, 9.17) is 4.74 Å². The van der Waals surface area contributed by atoms with E-state index >= 15 is 0 Å². The fourth-order valence-electron chi connectivity index (χ4n) is 3.22. The van der Waals surface area contributed by atoms with Crippen molar-refractivity contribution in [2.24, 2.45) is 0 Å². The number of halogens is 1. The Kier molecular flexibility index (Phi) is 5.32. The van der Waals surface area contributed by atoms with Crippen LogP contribution in [0.2, 0.25) is 0 Å². The number of hydrogen-bond acceptors (Lipinski definition) is 6. The molecule has 1 aliphatic rings. The molecular weight excluding hydrogens is 483 g/mol. The molecule has 1 N–H and O–H groups in total. The molecule has 3 aromatic rings. The summed E-state index contributed by atoms with van der Waals surface area (Å²) in [7, 11) is 0. The number of imidazole rings is 1. The Balaban J connectivity index is 1.48. The number of aromatic nitrogens is 4. The van der Waals surface area contributed by atoms with Crippen molar-refractivity contribution in [2.75, 3.05) is 18.4 Å². The molecule has 8 nitrogen and oxygen atoms in total. The van der Waals surface area contributed by atoms with Crippen LogP contribution >= 0.6 is 22.6 Å². The fraction of sp³-hybridized carbons (Fsp3) is 0.400. The fourth-order valence-corrected chi connectivity index (χ4v) is 3.58. The van der Waals surface area contributed by atoms with Crippen LogP contribution in [0, 0.1) is 3.57 Å². The van der Waals surface area contributed by atoms with Gasteiger partial charge in [-0.3, -0.25) is 4.57 Å². The van der Waals surface area contributed by atoms with Crippen molar-refractivity contribution in [3.63, 3.8) is 0 Å². The number of anilines is 1. The molecular formula is C20H23IN6O2. The highest BCUT2D eigenvalue weighted by Gasteiger charge is 2.30. The quantitative estimate of drug-likeness (QED) is 0.544. The number of nitrogens with zero attached hydrogens (tertiary/aromatic N) is 5. The van der Waals surface area contributed by atoms with Crippen LogP contribution in [0.1, 0.15) is 27.2 Å². The number of fused-ring (bicyclic) bond motifs is 1. The molecule has 0 unspecified atom stereocenters. The SMILES string of the molecule is CC(C)(C)OC(=O)N1CC[C@@H](Nc2ncc3ncn(-c4ccc(I)cc4)c3n2)C1. The zero-order valence-electron chi connectivity index (χ0n) is 16.6. The van der Waals surface area contributed by atoms with E-state index in [9.17, 15) is 4.79 Å². The average molecular weight is 506 g/mol. The summed E-state index contributed by atoms with van der Waals surface area (Å²) in [4.78, 5) is 27.4. The average Bonchev–Trinajstić information content (AvgIpc) is 3.28. The summed E-state index contributed by atoms with van der Waals surface area (Å²) < 4.78 is 8.57. The molecule has 1 fully saturated rings. The first-order chi connectivity index (χ1) is 13.8. The van der Waals surface area contributed by atoms with Gasteiger partial charge in [0.25, 0.3) is 0 Å². The summed E-state index contributed by atoms with van der Waals surface area (Å²) in [5, 5.41) is 3.34. The summed E-state index contributed by atoms with van der Waals surface area (Å²) in [6.45, 7) is 6.83. The zero-order valence-corrected chi connectivity index (χ0v) is 18.8. The van der Waals surface area contributed by atoms with E-state index in [0.717, 1.165) is 23.3 Å². The predicted molar refractivity (Wildman–Crippen MR) is 119 cm³/mol. The maximum atomic E-state index is 12.3. The molecule has 0 spiro atoms. The Bertz CT molecular complexity index is 1030. The molecule has 9 heteroatoms. The van der Waals surface area contributed by atoms with Gasteiger partial charge in [0.1, 0.15) is 17.4 Å². The van der Waals surface area contributed by atoms with Gasteiger partial charge < -0.3 is 15.0 Å². The summed E-state index contributed by atoms with van der Waals surface area (Å²) in [5.74, 6) is 0.529. The van der Waals surface area contributed by atoms with Crippen LogP contribution in [-0.2, 0) is 4.74 Å². The Morgan fingerprint density at radius 2 is 2.00 bits per heavy atom. The molecule has 1 aliphatic heterocycles. The molecule has 4 rings (SSSR count). The number of ether oxygens (including phenoxy) is 1. The number of hydrogen-bond donors (Lipinski definition) is 1. The second kappa shape index (κ2) is 7.77. The highest BCUT2D eigenvalue weighted by molar-refractivity contribution is 14.1. The van der Waals surface area contributed by atoms with Gasteiger partial charge >= 0.3 is 6.09 Å². The molecule has 152 valence electrons. The Hall–Kier alpha value is -2.43. The van der Waals surface area contributed by atoms with E-state index in [1.807, 2.05) is 49.6 Å². The van der Waals surface area contributed by atoms with Gasteiger partial charge in [-0.15, -0.1) is 0 Å². The maximum absolute atomic E-state index is 12.3. The molecule has 0 saturated carbocycles. The smallest absolute Gasteiger partial charge is 0.410 e. The standard InChI is InChI=1S/C20H23IN6O2/c1-20(2,3)29-19(28)26-9-8-14(11-26)24-18-22-10-16-17(25-18)27(12-23-16)15-6-4-13(21)5-7-15/h4-7,10,12,14H,8-9,11H2,1-3H3,(H,22,24,25)/t14-/m1/s1. The van der Waals surface area contributed by atoms with Crippen LogP contribution in [0.15, 0.2) is 36.8 Å². The van der Waals surface area contributed by atoms with Crippen molar-refractivity contribution >= 4 is 45.8 Å². The van der Waals surface area contributed by atoms with Gasteiger partial charge in [0.05, 0.1) is 6.20 Å². The van der Waals surface area contributed by atoms with E-state index in [1.54, 1.807) is 17.4 Å². The minimum atomic E-state index is -0.495. The van der Waals surface area contributed by atoms with Crippen molar-refractivity contribution in [2.45, 2.75) is 38.8 Å². The third kappa shape index (κ3) is 4.60. The molecule has 1 amide bonds. The number of carbonyl (C=O) groups excluding carboxylic acids is 1. The second-order valence-electron chi connectivity index (χ2n) is 8.05. The zero-order chi connectivity index (χ0) is 20.6. The van der Waals surface area contributed by atoms with Gasteiger partial charge in [-0.2, -0.15) is 4.98 Å². The molecule has 2 aromatic heterocycles. The Labute approximate surface area is 182 Å². The van der Waals surface area contributed by atoms with Crippen molar-refractivity contribution in [1.82, 2.24) is 24.4 Å². The molecule has 1 saturated heterocycles. The number of rotatable bonds is 3. The number of benzene rings is 1. The number of nitrogens with one attached hydrogen (secondary N) is 1. The predicted octanol–water partition coefficient (Wildman–Crippen LogP) is 3.84. The monoisotopic (exact) mass is 506 g/mol. The van der Waals surface area contributed by atoms with Crippen molar-refractivity contribution in [3.8, 4) is 5.69 Å². The Morgan fingerprint density at radius 1 is 1.24 bits per heavy atom. The van der Waals surface area contributed by atoms with Crippen LogP contribution in [0.3, 0.4) is 0 Å². The van der Waals surface area contributed by atoms with Gasteiger partial charge in [-0.05, 0) is 74.0 Å². The normalized spacial score (nSPS) is 17.0. The van der Waals surface area contributed by atoms with E-state index in [0.29, 0.717) is 19.0 Å². The number of likely N-dealkylation sites (tertiary alicyclic amines) is 1. The lowest BCUT2D eigenvalue weighted by Gasteiger charge is -2.24. The van der Waals surface area contributed by atoms with Crippen LogP contribution in [0.25, 0.3) is 16.9 Å². The van der Waals surface area contributed by atoms with Crippen LogP contribution in [0.4, 0.5) is 10.7 Å². The highest BCUT2D eigenvalue weighted by Crippen LogP contribution is 2.20. The lowest BCUT2D eigenvalue weighted by molar-refractivity contribution is 0.0293. The van der Waals surface area contributed by atoms with Gasteiger partial charge in [0.2, 0.25) is 5.95 Å². The summed E-state index contributed by atoms with van der Waals surface area (Å²) >= 11 is 2.28. The van der Waals surface area contributed by atoms with Gasteiger partial charge in [-0.1, -0.05) is 0 Å². The minimum absolute atomic E-state index is 0.0784. The van der Waals surface area contributed by atoms with E-state index in [2.05, 4.69) is 42.9 Å². The van der Waals surface area contributed by atoms with Crippen molar-refractivity contribution in [3.05, 3.63) is 40.4 Å². The third-order valence-corrected chi connectivity index (χ3v) is 5.29. The number of amides is 1. The van der Waals surface area contributed by atoms with Crippen LogP contribution in [0.5, 0.6) is 0 Å². The van der Waals surface area contributed by atoms with E-state index in [1.165, 1.54) is 3.57 Å². The first-order valence-electron chi connectivity index (χ1n) is 9.49. The summed E-state index contributed by atoms with van der Waals surface area (Å²) in [6.07, 6.45) is 4.01. The van der Waals surface area contributed by atoms with Gasteiger partial charge in [0, 0.05) is 28.4 Å². The minimum Gasteiger partial charge on any atom is -0.444 e. The van der Waals surface area contributed by atoms with Crippen molar-refractivity contribution < 1.29 is 9.53 Å². The summed E-state index contributed by atoms with van der Waals surface area (Å²) in [5.41, 5.74) is 1.97. The number of carbonyl (C=O) groups is 1. The van der Waals surface area contributed by atoms with Crippen molar-refractivity contribution in [1.29, 1.82) is 0 Å². The van der Waals surface area contributed by atoms with Gasteiger partial charge in [0.15, 0.2) is 5.65 Å². The molecule has 0 bridgehead atoms. The lowest BCUT2D eigenvalue weighted by atomic mass is 10.2. The lowest BCUT2D eigenvalue weighted by Crippen LogP contribution is -2.36. The largest absolute Gasteiger partial charge is 0.444 e. The molecule has 1 atom stereocenters. The molecule has 0 radical (unpaired) electrons. The third-order valence-electron chi connectivity index (χ3n) is 4.57. The van der Waals surface area contributed by atoms with Gasteiger partial charge in [-0.25, -0.2) is 14.8 Å². The topological polar surface area (TPSA) is 85.2 Å². The summed E-state index contributed by atoms with van der Waals surface area (Å²) in [6, 6.07) is 8.24. The molecule has 0 aliphatic carbocycles. The molecule has 1 aromatic carbocycles. The van der Waals surface area contributed by atoms with E-state index in [-0.39, 0.29) is 12.1 Å². The maximum Gasteiger partial charge on any atom is 0.410 e. The molecule has 29 heavy (non-hydrogen) atoms. The Morgan fingerprint density at radius 3 is 2.72 bits per heavy atom. The van der Waals surface area contributed by atoms with Crippen LogP contribution < -0.4 is 5.32 Å². The van der Waals surface area contributed by atoms with Crippen LogP contribution in [-0.4, -0.2) is 55.2 Å².